The molecule has 6 heteroatoms. The number of thioether (sulfide) groups is 1. The van der Waals surface area contributed by atoms with Gasteiger partial charge in [-0.3, -0.25) is 10.1 Å². The van der Waals surface area contributed by atoms with Crippen LogP contribution < -0.4 is 4.74 Å². The molecule has 4 aliphatic carbocycles. The van der Waals surface area contributed by atoms with Crippen molar-refractivity contribution in [2.24, 2.45) is 46.3 Å². The van der Waals surface area contributed by atoms with Gasteiger partial charge in [0.25, 0.3) is 5.69 Å². The zero-order valence-corrected chi connectivity index (χ0v) is 26.0. The summed E-state index contributed by atoms with van der Waals surface area (Å²) in [4.78, 5) is 23.1. The molecule has 0 aromatic heterocycles. The van der Waals surface area contributed by atoms with Crippen molar-refractivity contribution in [2.45, 2.75) is 110 Å². The highest BCUT2D eigenvalue weighted by atomic mass is 32.2. The molecule has 0 radical (unpaired) electrons. The molecule has 4 aliphatic rings. The van der Waals surface area contributed by atoms with Crippen molar-refractivity contribution in [3.63, 3.8) is 0 Å². The Hall–Kier alpha value is -1.82. The van der Waals surface area contributed by atoms with Gasteiger partial charge in [-0.2, -0.15) is 0 Å². The molecule has 40 heavy (non-hydrogen) atoms. The summed E-state index contributed by atoms with van der Waals surface area (Å²) in [5, 5.41) is 10.8. The number of hydrogen-bond acceptors (Lipinski definition) is 5. The molecule has 3 fully saturated rings. The molecule has 1 aromatic rings. The van der Waals surface area contributed by atoms with E-state index in [9.17, 15) is 14.9 Å². The Morgan fingerprint density at radius 2 is 1.80 bits per heavy atom. The molecule has 0 unspecified atom stereocenters. The van der Waals surface area contributed by atoms with E-state index in [4.69, 9.17) is 4.74 Å². The maximum atomic E-state index is 12.7. The summed E-state index contributed by atoms with van der Waals surface area (Å²) in [6.07, 6.45) is 16.7. The molecule has 3 saturated carbocycles. The molecule has 5 rings (SSSR count). The number of nitro groups is 1. The average molecular weight is 568 g/mol. The molecule has 0 saturated heterocycles. The fourth-order valence-electron chi connectivity index (χ4n) is 9.64. The first-order chi connectivity index (χ1) is 19.0. The van der Waals surface area contributed by atoms with E-state index in [1.165, 1.54) is 87.4 Å². The molecule has 8 atom stereocenters. The second-order valence-corrected chi connectivity index (χ2v) is 15.6. The lowest BCUT2D eigenvalue weighted by atomic mass is 9.47. The molecule has 220 valence electrons. The van der Waals surface area contributed by atoms with Gasteiger partial charge in [0, 0.05) is 17.4 Å². The summed E-state index contributed by atoms with van der Waals surface area (Å²) >= 11 is 1.30. The standard InChI is InChI=1S/C34H49NO4S/c1-22(2)7-6-8-23(3)29-15-16-30-28-14-9-24-21-27(17-19-33(24,4)31(28)18-20-34(29,30)5)40-32(36)39-26-12-10-25(11-13-26)35(37)38/h9-13,22-23,27-31H,6-8,14-21H2,1-5H3/t23-,27+,28+,29-,30+,31+,33+,34-/m1/s1. The number of nitrogens with zero attached hydrogens (tertiary/aromatic N) is 1. The van der Waals surface area contributed by atoms with E-state index in [-0.39, 0.29) is 21.7 Å². The molecule has 0 amide bonds. The monoisotopic (exact) mass is 567 g/mol. The molecule has 0 bridgehead atoms. The third kappa shape index (κ3) is 5.76. The lowest BCUT2D eigenvalue weighted by molar-refractivity contribution is -0.384. The molecule has 5 nitrogen and oxygen atoms in total. The van der Waals surface area contributed by atoms with Crippen LogP contribution in [0.1, 0.15) is 105 Å². The molecule has 1 aromatic carbocycles. The van der Waals surface area contributed by atoms with Crippen molar-refractivity contribution in [1.82, 2.24) is 0 Å². The third-order valence-electron chi connectivity index (χ3n) is 11.8. The highest BCUT2D eigenvalue weighted by molar-refractivity contribution is 8.13. The Labute approximate surface area is 245 Å². The molecular weight excluding hydrogens is 518 g/mol. The van der Waals surface area contributed by atoms with Crippen molar-refractivity contribution in [3.05, 3.63) is 46.0 Å². The Bertz CT molecular complexity index is 1120. The number of allylic oxidation sites excluding steroid dienone is 2. The van der Waals surface area contributed by atoms with Crippen LogP contribution >= 0.6 is 11.8 Å². The number of hydrogen-bond donors (Lipinski definition) is 0. The number of carbonyl (C=O) groups excluding carboxylic acids is 1. The second kappa shape index (κ2) is 11.8. The number of ether oxygens (including phenoxy) is 1. The van der Waals surface area contributed by atoms with E-state index < -0.39 is 4.92 Å². The van der Waals surface area contributed by atoms with Crippen LogP contribution in [0.3, 0.4) is 0 Å². The van der Waals surface area contributed by atoms with Gasteiger partial charge in [-0.15, -0.1) is 0 Å². The fourth-order valence-corrected chi connectivity index (χ4v) is 10.6. The quantitative estimate of drug-likeness (QED) is 0.135. The van der Waals surface area contributed by atoms with Crippen LogP contribution in [0, 0.1) is 56.5 Å². The fraction of sp³-hybridized carbons (Fsp3) is 0.735. The topological polar surface area (TPSA) is 69.4 Å². The predicted octanol–water partition coefficient (Wildman–Crippen LogP) is 10.2. The van der Waals surface area contributed by atoms with E-state index in [1.54, 1.807) is 5.57 Å². The van der Waals surface area contributed by atoms with Crippen LogP contribution in [0.25, 0.3) is 0 Å². The van der Waals surface area contributed by atoms with Crippen molar-refractivity contribution in [1.29, 1.82) is 0 Å². The first-order valence-electron chi connectivity index (χ1n) is 15.8. The van der Waals surface area contributed by atoms with Gasteiger partial charge in [0.05, 0.1) is 4.92 Å². The van der Waals surface area contributed by atoms with Gasteiger partial charge >= 0.3 is 5.30 Å². The predicted molar refractivity (Wildman–Crippen MR) is 164 cm³/mol. The normalized spacial score (nSPS) is 35.8. The summed E-state index contributed by atoms with van der Waals surface area (Å²) in [5.41, 5.74) is 2.36. The number of fused-ring (bicyclic) bond motifs is 5. The van der Waals surface area contributed by atoms with Crippen LogP contribution in [-0.2, 0) is 0 Å². The largest absolute Gasteiger partial charge is 0.418 e. The van der Waals surface area contributed by atoms with Gasteiger partial charge in [0.2, 0.25) is 0 Å². The second-order valence-electron chi connectivity index (χ2n) is 14.4. The minimum Gasteiger partial charge on any atom is -0.418 e. The maximum absolute atomic E-state index is 12.7. The Morgan fingerprint density at radius 1 is 1.05 bits per heavy atom. The molecule has 0 heterocycles. The van der Waals surface area contributed by atoms with E-state index in [0.29, 0.717) is 11.2 Å². The lowest BCUT2D eigenvalue weighted by Crippen LogP contribution is -2.50. The minimum absolute atomic E-state index is 0.00569. The Kier molecular flexibility index (Phi) is 8.76. The van der Waals surface area contributed by atoms with Gasteiger partial charge in [-0.25, -0.2) is 4.79 Å². The zero-order chi connectivity index (χ0) is 28.7. The Balaban J connectivity index is 1.20. The zero-order valence-electron chi connectivity index (χ0n) is 25.2. The van der Waals surface area contributed by atoms with Crippen molar-refractivity contribution in [2.75, 3.05) is 0 Å². The SMILES string of the molecule is CC(C)CCC[C@@H](C)[C@H]1CC[C@H]2[C@@H]3CC=C4C[C@@H](SC(=O)Oc5ccc([N+](=O)[O-])cc5)CC[C@]4(C)[C@H]3CC[C@]12C. The smallest absolute Gasteiger partial charge is 0.372 e. The van der Waals surface area contributed by atoms with Crippen molar-refractivity contribution in [3.8, 4) is 5.75 Å². The number of nitro benzene ring substituents is 1. The van der Waals surface area contributed by atoms with Crippen LogP contribution in [-0.4, -0.2) is 15.5 Å². The van der Waals surface area contributed by atoms with Gasteiger partial charge in [0.1, 0.15) is 5.75 Å². The third-order valence-corrected chi connectivity index (χ3v) is 12.8. The van der Waals surface area contributed by atoms with Gasteiger partial charge in [-0.05, 0) is 122 Å². The summed E-state index contributed by atoms with van der Waals surface area (Å²) in [7, 11) is 0. The summed E-state index contributed by atoms with van der Waals surface area (Å²) in [6, 6.07) is 5.74. The molecular formula is C34H49NO4S. The van der Waals surface area contributed by atoms with Crippen LogP contribution in [0.2, 0.25) is 0 Å². The summed E-state index contributed by atoms with van der Waals surface area (Å²) < 4.78 is 5.50. The van der Waals surface area contributed by atoms with Gasteiger partial charge in [-0.1, -0.05) is 65.5 Å². The highest BCUT2D eigenvalue weighted by Crippen LogP contribution is 2.67. The average Bonchev–Trinajstić information content (AvgIpc) is 3.26. The van der Waals surface area contributed by atoms with E-state index in [2.05, 4.69) is 40.7 Å². The first kappa shape index (κ1) is 29.7. The molecule has 0 spiro atoms. The first-order valence-corrected chi connectivity index (χ1v) is 16.7. The van der Waals surface area contributed by atoms with Crippen LogP contribution in [0.15, 0.2) is 35.9 Å². The highest BCUT2D eigenvalue weighted by Gasteiger charge is 2.59. The summed E-state index contributed by atoms with van der Waals surface area (Å²) in [6.45, 7) is 12.5. The van der Waals surface area contributed by atoms with E-state index >= 15 is 0 Å². The van der Waals surface area contributed by atoms with E-state index in [1.807, 2.05) is 0 Å². The number of rotatable bonds is 8. The van der Waals surface area contributed by atoms with Crippen LogP contribution in [0.5, 0.6) is 5.75 Å². The van der Waals surface area contributed by atoms with Crippen LogP contribution in [0.4, 0.5) is 10.5 Å². The summed E-state index contributed by atoms with van der Waals surface area (Å²) in [5.74, 6) is 5.36. The van der Waals surface area contributed by atoms with Crippen molar-refractivity contribution < 1.29 is 14.5 Å². The number of benzene rings is 1. The molecule has 0 aliphatic heterocycles. The number of carbonyl (C=O) groups is 1. The van der Waals surface area contributed by atoms with Gasteiger partial charge < -0.3 is 4.74 Å². The Morgan fingerprint density at radius 3 is 2.50 bits per heavy atom. The number of non-ortho nitro benzene ring substituents is 1. The maximum Gasteiger partial charge on any atom is 0.372 e. The van der Waals surface area contributed by atoms with Gasteiger partial charge in [0.15, 0.2) is 0 Å². The molecule has 0 N–H and O–H groups in total. The lowest BCUT2D eigenvalue weighted by Gasteiger charge is -2.58. The minimum atomic E-state index is -0.449. The van der Waals surface area contributed by atoms with E-state index in [0.717, 1.165) is 54.8 Å². The van der Waals surface area contributed by atoms with Crippen molar-refractivity contribution >= 4 is 22.8 Å².